The maximum atomic E-state index is 6.35. The van der Waals surface area contributed by atoms with Crippen molar-refractivity contribution in [2.24, 2.45) is 5.73 Å². The summed E-state index contributed by atoms with van der Waals surface area (Å²) in [6.07, 6.45) is 1.96. The van der Waals surface area contributed by atoms with Crippen molar-refractivity contribution >= 4 is 11.6 Å². The van der Waals surface area contributed by atoms with Crippen molar-refractivity contribution in [2.45, 2.75) is 24.8 Å². The smallest absolute Gasteiger partial charge is 0.122 e. The molecule has 0 aromatic heterocycles. The molecule has 2 aromatic carbocycles. The highest BCUT2D eigenvalue weighted by Gasteiger charge is 2.23. The number of halogens is 1. The van der Waals surface area contributed by atoms with E-state index in [4.69, 9.17) is 22.1 Å². The van der Waals surface area contributed by atoms with Gasteiger partial charge in [0, 0.05) is 11.1 Å². The zero-order chi connectivity index (χ0) is 13.9. The average molecular weight is 288 g/mol. The Morgan fingerprint density at radius 1 is 1.15 bits per heavy atom. The fourth-order valence-electron chi connectivity index (χ4n) is 2.81. The quantitative estimate of drug-likeness (QED) is 0.914. The highest BCUT2D eigenvalue weighted by molar-refractivity contribution is 6.30. The van der Waals surface area contributed by atoms with E-state index in [1.165, 1.54) is 5.56 Å². The van der Waals surface area contributed by atoms with Crippen LogP contribution in [-0.2, 0) is 0 Å². The molecule has 1 aliphatic rings. The standard InChI is InChI=1S/C17H18ClNO/c18-14-7-5-12(6-8-14)16(19)11-13-9-10-20-17-4-2-1-3-15(13)17/h1-8,13,16H,9-11,19H2. The molecule has 2 nitrogen and oxygen atoms in total. The average Bonchev–Trinajstić information content (AvgIpc) is 2.48. The predicted octanol–water partition coefficient (Wildman–Crippen LogP) is 4.30. The van der Waals surface area contributed by atoms with Gasteiger partial charge in [0.25, 0.3) is 0 Å². The van der Waals surface area contributed by atoms with Gasteiger partial charge >= 0.3 is 0 Å². The summed E-state index contributed by atoms with van der Waals surface area (Å²) in [7, 11) is 0. The van der Waals surface area contributed by atoms with Crippen LogP contribution >= 0.6 is 11.6 Å². The Morgan fingerprint density at radius 3 is 2.70 bits per heavy atom. The van der Waals surface area contributed by atoms with Gasteiger partial charge in [0.05, 0.1) is 6.61 Å². The molecule has 20 heavy (non-hydrogen) atoms. The van der Waals surface area contributed by atoms with Crippen LogP contribution in [0.2, 0.25) is 5.02 Å². The fraction of sp³-hybridized carbons (Fsp3) is 0.294. The maximum absolute atomic E-state index is 6.35. The Bertz CT molecular complexity index is 582. The summed E-state index contributed by atoms with van der Waals surface area (Å²) in [6.45, 7) is 0.773. The first kappa shape index (κ1) is 13.5. The van der Waals surface area contributed by atoms with Crippen LogP contribution in [-0.4, -0.2) is 6.61 Å². The molecule has 2 atom stereocenters. The van der Waals surface area contributed by atoms with Crippen molar-refractivity contribution in [3.05, 3.63) is 64.7 Å². The summed E-state index contributed by atoms with van der Waals surface area (Å²) in [6, 6.07) is 16.1. The fourth-order valence-corrected chi connectivity index (χ4v) is 2.94. The zero-order valence-electron chi connectivity index (χ0n) is 11.3. The molecule has 0 aliphatic carbocycles. The molecule has 104 valence electrons. The van der Waals surface area contributed by atoms with Crippen molar-refractivity contribution in [1.29, 1.82) is 0 Å². The lowest BCUT2D eigenvalue weighted by Gasteiger charge is -2.28. The number of hydrogen-bond acceptors (Lipinski definition) is 2. The minimum Gasteiger partial charge on any atom is -0.493 e. The molecule has 2 aromatic rings. The second-order valence-electron chi connectivity index (χ2n) is 5.27. The Hall–Kier alpha value is -1.51. The van der Waals surface area contributed by atoms with E-state index in [9.17, 15) is 0 Å². The van der Waals surface area contributed by atoms with Gasteiger partial charge in [-0.2, -0.15) is 0 Å². The number of hydrogen-bond donors (Lipinski definition) is 1. The molecular formula is C17H18ClNO. The van der Waals surface area contributed by atoms with Crippen molar-refractivity contribution in [3.63, 3.8) is 0 Å². The van der Waals surface area contributed by atoms with Gasteiger partial charge in [0.15, 0.2) is 0 Å². The van der Waals surface area contributed by atoms with Gasteiger partial charge in [-0.1, -0.05) is 41.9 Å². The lowest BCUT2D eigenvalue weighted by Crippen LogP contribution is -2.20. The molecule has 3 rings (SSSR count). The van der Waals surface area contributed by atoms with Crippen LogP contribution in [0.5, 0.6) is 5.75 Å². The lowest BCUT2D eigenvalue weighted by atomic mass is 9.86. The normalized spacial score (nSPS) is 19.0. The van der Waals surface area contributed by atoms with Crippen molar-refractivity contribution in [1.82, 2.24) is 0 Å². The van der Waals surface area contributed by atoms with Gasteiger partial charge in [-0.3, -0.25) is 0 Å². The van der Waals surface area contributed by atoms with E-state index in [0.29, 0.717) is 5.92 Å². The molecule has 1 aliphatic heterocycles. The molecule has 1 heterocycles. The van der Waals surface area contributed by atoms with Crippen LogP contribution in [0.3, 0.4) is 0 Å². The topological polar surface area (TPSA) is 35.2 Å². The first-order valence-electron chi connectivity index (χ1n) is 6.97. The number of benzene rings is 2. The maximum Gasteiger partial charge on any atom is 0.122 e. The summed E-state index contributed by atoms with van der Waals surface area (Å²) in [4.78, 5) is 0. The van der Waals surface area contributed by atoms with E-state index in [0.717, 1.165) is 35.8 Å². The van der Waals surface area contributed by atoms with Crippen LogP contribution in [0, 0.1) is 0 Å². The second-order valence-corrected chi connectivity index (χ2v) is 5.70. The van der Waals surface area contributed by atoms with Gasteiger partial charge in [-0.05, 0) is 48.1 Å². The molecule has 2 N–H and O–H groups in total. The van der Waals surface area contributed by atoms with E-state index in [2.05, 4.69) is 12.1 Å². The Morgan fingerprint density at radius 2 is 1.90 bits per heavy atom. The molecule has 0 bridgehead atoms. The summed E-state index contributed by atoms with van der Waals surface area (Å²) in [5.74, 6) is 1.47. The summed E-state index contributed by atoms with van der Waals surface area (Å²) >= 11 is 5.92. The minimum absolute atomic E-state index is 0.0309. The first-order valence-corrected chi connectivity index (χ1v) is 7.34. The first-order chi connectivity index (χ1) is 9.74. The van der Waals surface area contributed by atoms with Crippen molar-refractivity contribution < 1.29 is 4.74 Å². The van der Waals surface area contributed by atoms with Crippen LogP contribution < -0.4 is 10.5 Å². The van der Waals surface area contributed by atoms with Crippen LogP contribution in [0.15, 0.2) is 48.5 Å². The third kappa shape index (κ3) is 2.82. The Labute approximate surface area is 124 Å². The summed E-state index contributed by atoms with van der Waals surface area (Å²) in [5, 5.41) is 0.748. The van der Waals surface area contributed by atoms with Gasteiger partial charge in [0.1, 0.15) is 5.75 Å². The summed E-state index contributed by atoms with van der Waals surface area (Å²) < 4.78 is 5.70. The Kier molecular flexibility index (Phi) is 3.95. The van der Waals surface area contributed by atoms with Gasteiger partial charge in [0.2, 0.25) is 0 Å². The molecule has 2 unspecified atom stereocenters. The molecule has 3 heteroatoms. The van der Waals surface area contributed by atoms with Crippen LogP contribution in [0.4, 0.5) is 0 Å². The zero-order valence-corrected chi connectivity index (χ0v) is 12.0. The number of ether oxygens (including phenoxy) is 1. The molecule has 0 saturated carbocycles. The molecule has 0 radical (unpaired) electrons. The number of nitrogens with two attached hydrogens (primary N) is 1. The largest absolute Gasteiger partial charge is 0.493 e. The highest BCUT2D eigenvalue weighted by atomic mass is 35.5. The van der Waals surface area contributed by atoms with E-state index in [1.54, 1.807) is 0 Å². The monoisotopic (exact) mass is 287 g/mol. The minimum atomic E-state index is 0.0309. The highest BCUT2D eigenvalue weighted by Crippen LogP contribution is 2.38. The molecule has 0 amide bonds. The van der Waals surface area contributed by atoms with E-state index in [1.807, 2.05) is 36.4 Å². The molecular weight excluding hydrogens is 270 g/mol. The van der Waals surface area contributed by atoms with Crippen LogP contribution in [0.1, 0.15) is 35.9 Å². The van der Waals surface area contributed by atoms with Gasteiger partial charge < -0.3 is 10.5 Å². The van der Waals surface area contributed by atoms with E-state index in [-0.39, 0.29) is 6.04 Å². The van der Waals surface area contributed by atoms with Gasteiger partial charge in [-0.25, -0.2) is 0 Å². The number of rotatable bonds is 3. The van der Waals surface area contributed by atoms with Crippen molar-refractivity contribution in [3.8, 4) is 5.75 Å². The third-order valence-electron chi connectivity index (χ3n) is 3.92. The van der Waals surface area contributed by atoms with E-state index < -0.39 is 0 Å². The summed E-state index contributed by atoms with van der Waals surface area (Å²) in [5.41, 5.74) is 8.77. The molecule has 0 fully saturated rings. The molecule has 0 saturated heterocycles. The predicted molar refractivity (Wildman–Crippen MR) is 82.3 cm³/mol. The number of para-hydroxylation sites is 1. The third-order valence-corrected chi connectivity index (χ3v) is 4.17. The van der Waals surface area contributed by atoms with Crippen LogP contribution in [0.25, 0.3) is 0 Å². The lowest BCUT2D eigenvalue weighted by molar-refractivity contribution is 0.259. The number of fused-ring (bicyclic) bond motifs is 1. The van der Waals surface area contributed by atoms with E-state index >= 15 is 0 Å². The second kappa shape index (κ2) is 5.86. The Balaban J connectivity index is 1.77. The molecule has 0 spiro atoms. The SMILES string of the molecule is NC(CC1CCOc2ccccc21)c1ccc(Cl)cc1. The van der Waals surface area contributed by atoms with Crippen molar-refractivity contribution in [2.75, 3.05) is 6.61 Å². The van der Waals surface area contributed by atoms with Gasteiger partial charge in [-0.15, -0.1) is 0 Å².